The van der Waals surface area contributed by atoms with Crippen LogP contribution >= 0.6 is 0 Å². The van der Waals surface area contributed by atoms with E-state index in [1.165, 1.54) is 11.1 Å². The van der Waals surface area contributed by atoms with Crippen LogP contribution in [0.5, 0.6) is 0 Å². The van der Waals surface area contributed by atoms with Gasteiger partial charge in [0.2, 0.25) is 0 Å². The highest BCUT2D eigenvalue weighted by Crippen LogP contribution is 2.21. The van der Waals surface area contributed by atoms with Crippen LogP contribution in [0, 0.1) is 25.7 Å². The fraction of sp³-hybridized carbons (Fsp3) is 0.286. The molecule has 4 heterocycles. The van der Waals surface area contributed by atoms with Gasteiger partial charge in [0.1, 0.15) is 5.69 Å². The van der Waals surface area contributed by atoms with Crippen LogP contribution in [0.1, 0.15) is 43.9 Å². The van der Waals surface area contributed by atoms with Crippen molar-refractivity contribution < 1.29 is 4.79 Å². The average molecular weight is 572 g/mol. The van der Waals surface area contributed by atoms with Gasteiger partial charge in [-0.3, -0.25) is 18.8 Å². The highest BCUT2D eigenvalue weighted by molar-refractivity contribution is 5.98. The summed E-state index contributed by atoms with van der Waals surface area (Å²) in [5.41, 5.74) is 8.53. The fourth-order valence-corrected chi connectivity index (χ4v) is 5.46. The van der Waals surface area contributed by atoms with Gasteiger partial charge in [-0.05, 0) is 67.3 Å². The summed E-state index contributed by atoms with van der Waals surface area (Å²) in [7, 11) is 4.06. The molecule has 0 saturated carbocycles. The number of likely N-dealkylation sites (N-methyl/N-ethyl adjacent to an activating group) is 1. The molecule has 218 valence electrons. The summed E-state index contributed by atoms with van der Waals surface area (Å²) in [5, 5.41) is 7.72. The van der Waals surface area contributed by atoms with Crippen molar-refractivity contribution in [2.45, 2.75) is 26.8 Å². The van der Waals surface area contributed by atoms with Crippen molar-refractivity contribution in [2.24, 2.45) is 7.05 Å². The lowest BCUT2D eigenvalue weighted by Crippen LogP contribution is -2.43. The molecular formula is C35H37N7O. The number of aromatic nitrogens is 4. The Morgan fingerprint density at radius 1 is 0.930 bits per heavy atom. The van der Waals surface area contributed by atoms with Gasteiger partial charge in [0.05, 0.1) is 11.9 Å². The lowest BCUT2D eigenvalue weighted by atomic mass is 9.96. The molecule has 0 spiro atoms. The first-order valence-electron chi connectivity index (χ1n) is 14.7. The van der Waals surface area contributed by atoms with Crippen LogP contribution in [-0.4, -0.2) is 68.0 Å². The van der Waals surface area contributed by atoms with Gasteiger partial charge in [0.15, 0.2) is 17.2 Å². The molecule has 8 heteroatoms. The van der Waals surface area contributed by atoms with E-state index in [4.69, 9.17) is 0 Å². The highest BCUT2D eigenvalue weighted by atomic mass is 16.1. The number of hydrogen-bond donors (Lipinski definition) is 1. The van der Waals surface area contributed by atoms with E-state index < -0.39 is 0 Å². The Hall–Kier alpha value is -4.71. The molecule has 43 heavy (non-hydrogen) atoms. The maximum atomic E-state index is 13.3. The van der Waals surface area contributed by atoms with Crippen molar-refractivity contribution in [1.82, 2.24) is 29.0 Å². The molecule has 0 unspecified atom stereocenters. The molecule has 1 aliphatic heterocycles. The first kappa shape index (κ1) is 28.4. The number of imidazole rings is 1. The van der Waals surface area contributed by atoms with Gasteiger partial charge in [-0.25, -0.2) is 4.98 Å². The second kappa shape index (κ2) is 12.3. The molecular weight excluding hydrogens is 534 g/mol. The number of piperazine rings is 1. The van der Waals surface area contributed by atoms with Gasteiger partial charge in [-0.1, -0.05) is 36.3 Å². The Balaban J connectivity index is 1.16. The third kappa shape index (κ3) is 6.54. The van der Waals surface area contributed by atoms with Crippen molar-refractivity contribution in [3.8, 4) is 11.8 Å². The Kier molecular flexibility index (Phi) is 8.10. The number of pyridine rings is 1. The molecule has 0 atom stereocenters. The minimum absolute atomic E-state index is 0.0920. The Bertz CT molecular complexity index is 1850. The summed E-state index contributed by atoms with van der Waals surface area (Å²) >= 11 is 0. The standard InChI is InChI=1S/C35H37N7O/c1-25-7-9-29(33(43)21-27-8-10-30(26(2)20-27)24-41-18-16-39(3)17-19-41)22-28(25)11-12-31-23-36-35-32(6-5-14-42(31)35)37-34-13-15-40(4)38-34/h5-10,13-15,20,22-23H,16-19,21,24H2,1-4H3,(H,37,38). The van der Waals surface area contributed by atoms with Gasteiger partial charge >= 0.3 is 0 Å². The first-order chi connectivity index (χ1) is 20.8. The fourth-order valence-electron chi connectivity index (χ4n) is 5.46. The highest BCUT2D eigenvalue weighted by Gasteiger charge is 2.16. The van der Waals surface area contributed by atoms with Gasteiger partial charge in [0, 0.05) is 75.8 Å². The van der Waals surface area contributed by atoms with Crippen LogP contribution in [0.4, 0.5) is 11.5 Å². The number of carbonyl (C=O) groups is 1. The van der Waals surface area contributed by atoms with Gasteiger partial charge in [0.25, 0.3) is 0 Å². The van der Waals surface area contributed by atoms with E-state index in [-0.39, 0.29) is 5.78 Å². The Labute approximate surface area is 253 Å². The number of rotatable bonds is 7. The Morgan fingerprint density at radius 2 is 1.77 bits per heavy atom. The van der Waals surface area contributed by atoms with E-state index in [0.717, 1.165) is 72.3 Å². The largest absolute Gasteiger partial charge is 0.336 e. The number of hydrogen-bond acceptors (Lipinski definition) is 6. The van der Waals surface area contributed by atoms with Gasteiger partial charge in [-0.2, -0.15) is 5.10 Å². The number of benzene rings is 2. The number of carbonyl (C=O) groups excluding carboxylic acids is 1. The van der Waals surface area contributed by atoms with Crippen molar-refractivity contribution in [2.75, 3.05) is 38.5 Å². The molecule has 6 rings (SSSR count). The number of aryl methyl sites for hydroxylation is 3. The zero-order chi connectivity index (χ0) is 29.9. The van der Waals surface area contributed by atoms with E-state index in [0.29, 0.717) is 12.0 Å². The SMILES string of the molecule is Cc1ccc(C(=O)Cc2ccc(CN3CCN(C)CC3)c(C)c2)cc1C#Cc1cnc2c(Nc3ccn(C)n3)cccn12. The minimum atomic E-state index is 0.0920. The lowest BCUT2D eigenvalue weighted by molar-refractivity contribution is 0.0993. The average Bonchev–Trinajstić information content (AvgIpc) is 3.61. The molecule has 1 N–H and O–H groups in total. The van der Waals surface area contributed by atoms with Crippen molar-refractivity contribution >= 4 is 22.9 Å². The summed E-state index contributed by atoms with van der Waals surface area (Å²) in [6.45, 7) is 9.53. The molecule has 0 radical (unpaired) electrons. The molecule has 1 fully saturated rings. The predicted molar refractivity (Wildman–Crippen MR) is 171 cm³/mol. The first-order valence-corrected chi connectivity index (χ1v) is 14.7. The molecule has 2 aromatic carbocycles. The number of fused-ring (bicyclic) bond motifs is 1. The molecule has 0 amide bonds. The molecule has 1 aliphatic rings. The van der Waals surface area contributed by atoms with E-state index in [1.54, 1.807) is 10.9 Å². The zero-order valence-corrected chi connectivity index (χ0v) is 25.3. The minimum Gasteiger partial charge on any atom is -0.336 e. The predicted octanol–water partition coefficient (Wildman–Crippen LogP) is 5.00. The van der Waals surface area contributed by atoms with Gasteiger partial charge in [-0.15, -0.1) is 0 Å². The van der Waals surface area contributed by atoms with Crippen LogP contribution in [-0.2, 0) is 20.0 Å². The van der Waals surface area contributed by atoms with Crippen LogP contribution < -0.4 is 5.32 Å². The van der Waals surface area contributed by atoms with E-state index >= 15 is 0 Å². The van der Waals surface area contributed by atoms with E-state index in [1.807, 2.05) is 67.2 Å². The maximum absolute atomic E-state index is 13.3. The molecule has 0 bridgehead atoms. The van der Waals surface area contributed by atoms with Crippen molar-refractivity contribution in [3.05, 3.63) is 112 Å². The molecule has 0 aliphatic carbocycles. The summed E-state index contributed by atoms with van der Waals surface area (Å²) in [4.78, 5) is 22.8. The molecule has 8 nitrogen and oxygen atoms in total. The summed E-state index contributed by atoms with van der Waals surface area (Å²) in [6, 6.07) is 18.1. The summed E-state index contributed by atoms with van der Waals surface area (Å²) in [5.74, 6) is 7.40. The molecule has 5 aromatic rings. The van der Waals surface area contributed by atoms with Crippen LogP contribution in [0.15, 0.2) is 73.2 Å². The zero-order valence-electron chi connectivity index (χ0n) is 25.3. The molecule has 3 aromatic heterocycles. The number of nitrogens with zero attached hydrogens (tertiary/aromatic N) is 6. The third-order valence-corrected chi connectivity index (χ3v) is 8.16. The summed E-state index contributed by atoms with van der Waals surface area (Å²) < 4.78 is 3.71. The third-order valence-electron chi connectivity index (χ3n) is 8.16. The second-order valence-corrected chi connectivity index (χ2v) is 11.5. The van der Waals surface area contributed by atoms with Crippen molar-refractivity contribution in [1.29, 1.82) is 0 Å². The summed E-state index contributed by atoms with van der Waals surface area (Å²) in [6.07, 6.45) is 5.97. The normalized spacial score (nSPS) is 14.0. The van der Waals surface area contributed by atoms with E-state index in [9.17, 15) is 4.79 Å². The number of anilines is 2. The maximum Gasteiger partial charge on any atom is 0.167 e. The van der Waals surface area contributed by atoms with Gasteiger partial charge < -0.3 is 10.2 Å². The quantitative estimate of drug-likeness (QED) is 0.219. The lowest BCUT2D eigenvalue weighted by Gasteiger charge is -2.32. The topological polar surface area (TPSA) is 70.7 Å². The van der Waals surface area contributed by atoms with Crippen molar-refractivity contribution in [3.63, 3.8) is 0 Å². The monoisotopic (exact) mass is 571 g/mol. The smallest absolute Gasteiger partial charge is 0.167 e. The van der Waals surface area contributed by atoms with E-state index in [2.05, 4.69) is 69.2 Å². The Morgan fingerprint density at radius 3 is 2.53 bits per heavy atom. The van der Waals surface area contributed by atoms with Crippen LogP contribution in [0.2, 0.25) is 0 Å². The number of nitrogens with one attached hydrogen (secondary N) is 1. The van der Waals surface area contributed by atoms with Crippen LogP contribution in [0.3, 0.4) is 0 Å². The molecule has 1 saturated heterocycles. The van der Waals surface area contributed by atoms with Crippen LogP contribution in [0.25, 0.3) is 5.65 Å². The second-order valence-electron chi connectivity index (χ2n) is 11.5. The number of ketones is 1. The number of Topliss-reactive ketones (excluding diaryl/α,β-unsaturated/α-hetero) is 1.